The summed E-state index contributed by atoms with van der Waals surface area (Å²) in [6.07, 6.45) is -1.24. The van der Waals surface area contributed by atoms with Crippen molar-refractivity contribution in [3.8, 4) is 0 Å². The Bertz CT molecular complexity index is 293. The molecular weight excluding hydrogens is 124 g/mol. The minimum Gasteiger partial charge on any atom is -0.396 e. The summed E-state index contributed by atoms with van der Waals surface area (Å²) in [5.74, 6) is 0. The molecule has 1 aromatic carbocycles. The van der Waals surface area contributed by atoms with E-state index in [-0.39, 0.29) is 0 Å². The second kappa shape index (κ2) is 3.37. The van der Waals surface area contributed by atoms with Gasteiger partial charge in [0.2, 0.25) is 0 Å². The van der Waals surface area contributed by atoms with Gasteiger partial charge in [-0.1, -0.05) is 29.8 Å². The van der Waals surface area contributed by atoms with E-state index in [0.717, 1.165) is 5.56 Å². The fourth-order valence-corrected chi connectivity index (χ4v) is 0.834. The molecule has 0 aliphatic carbocycles. The van der Waals surface area contributed by atoms with Crippen LogP contribution in [0, 0.1) is 6.92 Å². The lowest BCUT2D eigenvalue weighted by Gasteiger charge is -1.97. The van der Waals surface area contributed by atoms with Gasteiger partial charge in [-0.15, -0.1) is 0 Å². The molecule has 0 unspecified atom stereocenters. The van der Waals surface area contributed by atoms with E-state index >= 15 is 0 Å². The van der Waals surface area contributed by atoms with Crippen LogP contribution in [-0.2, 0) is 6.40 Å². The molecule has 1 N–H and O–H groups in total. The first-order valence-electron chi connectivity index (χ1n) is 4.70. The Balaban J connectivity index is 2.96. The van der Waals surface area contributed by atoms with Crippen molar-refractivity contribution in [1.29, 1.82) is 0 Å². The molecule has 0 radical (unpaired) electrons. The lowest BCUT2D eigenvalue weighted by atomic mass is 10.1. The molecule has 0 bridgehead atoms. The first kappa shape index (κ1) is 4.14. The number of aryl methyl sites for hydroxylation is 2. The maximum Gasteiger partial charge on any atom is 0.0567 e. The van der Waals surface area contributed by atoms with Crippen LogP contribution in [0.15, 0.2) is 24.3 Å². The molecule has 0 fully saturated rings. The molecule has 1 aromatic rings. The summed E-state index contributed by atoms with van der Waals surface area (Å²) >= 11 is 0. The van der Waals surface area contributed by atoms with Crippen molar-refractivity contribution in [2.24, 2.45) is 0 Å². The fraction of sp³-hybridized carbons (Fsp3) is 0.333. The highest BCUT2D eigenvalue weighted by Gasteiger charge is 1.89. The Kier molecular flexibility index (Phi) is 1.40. The van der Waals surface area contributed by atoms with Crippen LogP contribution < -0.4 is 0 Å². The summed E-state index contributed by atoms with van der Waals surface area (Å²) in [6.45, 7) is -0.614. The van der Waals surface area contributed by atoms with Crippen LogP contribution in [0.1, 0.15) is 15.2 Å². The molecule has 54 valence electrons. The Morgan fingerprint density at radius 2 is 2.40 bits per heavy atom. The smallest absolute Gasteiger partial charge is 0.0567 e. The van der Waals surface area contributed by atoms with E-state index in [0.29, 0.717) is 5.56 Å². The highest BCUT2D eigenvalue weighted by molar-refractivity contribution is 5.22. The van der Waals surface area contributed by atoms with E-state index in [1.807, 2.05) is 13.0 Å². The summed E-state index contributed by atoms with van der Waals surface area (Å²) in [5.41, 5.74) is 1.45. The van der Waals surface area contributed by atoms with Crippen molar-refractivity contribution in [2.45, 2.75) is 13.3 Å². The summed E-state index contributed by atoms with van der Waals surface area (Å²) in [4.78, 5) is 0. The first-order valence-corrected chi connectivity index (χ1v) is 3.12. The third-order valence-electron chi connectivity index (χ3n) is 1.27. The summed E-state index contributed by atoms with van der Waals surface area (Å²) in [6, 6.07) is 6.95. The van der Waals surface area contributed by atoms with Crippen LogP contribution in [0.25, 0.3) is 0 Å². The quantitative estimate of drug-likeness (QED) is 0.658. The molecule has 0 saturated carbocycles. The molecule has 0 aromatic heterocycles. The summed E-state index contributed by atoms with van der Waals surface area (Å²) in [7, 11) is 0. The van der Waals surface area contributed by atoms with Crippen molar-refractivity contribution >= 4 is 0 Å². The zero-order chi connectivity index (χ0) is 10.1. The van der Waals surface area contributed by atoms with Crippen LogP contribution in [0.2, 0.25) is 0 Å². The third-order valence-corrected chi connectivity index (χ3v) is 1.27. The van der Waals surface area contributed by atoms with Crippen LogP contribution in [0.3, 0.4) is 0 Å². The molecule has 1 atom stereocenters. The fourth-order valence-electron chi connectivity index (χ4n) is 0.834. The van der Waals surface area contributed by atoms with Gasteiger partial charge < -0.3 is 5.11 Å². The molecule has 0 aliphatic rings. The van der Waals surface area contributed by atoms with Gasteiger partial charge >= 0.3 is 0 Å². The number of aliphatic hydroxyl groups is 1. The van der Waals surface area contributed by atoms with Crippen molar-refractivity contribution in [3.63, 3.8) is 0 Å². The summed E-state index contributed by atoms with van der Waals surface area (Å²) in [5, 5.41) is 8.98. The average Bonchev–Trinajstić information content (AvgIpc) is 2.01. The molecule has 1 rings (SSSR count). The topological polar surface area (TPSA) is 20.2 Å². The SMILES string of the molecule is [2H][C@H](c1cccc(C)c1)C([2H])([2H])O. The third kappa shape index (κ3) is 1.85. The molecule has 0 amide bonds. The second-order valence-corrected chi connectivity index (χ2v) is 2.19. The number of hydrogen-bond donors (Lipinski definition) is 1. The zero-order valence-corrected chi connectivity index (χ0v) is 5.83. The number of rotatable bonds is 2. The van der Waals surface area contributed by atoms with E-state index in [1.54, 1.807) is 18.2 Å². The summed E-state index contributed by atoms with van der Waals surface area (Å²) < 4.78 is 21.4. The monoisotopic (exact) mass is 139 g/mol. The Morgan fingerprint density at radius 1 is 1.60 bits per heavy atom. The van der Waals surface area contributed by atoms with Crippen LogP contribution in [0.4, 0.5) is 0 Å². The van der Waals surface area contributed by atoms with Gasteiger partial charge in [-0.05, 0) is 18.9 Å². The predicted octanol–water partition coefficient (Wildman–Crippen LogP) is 1.53. The molecule has 10 heavy (non-hydrogen) atoms. The largest absolute Gasteiger partial charge is 0.396 e. The molecule has 0 saturated heterocycles. The predicted molar refractivity (Wildman–Crippen MR) is 42.0 cm³/mol. The minimum absolute atomic E-state index is 0.493. The van der Waals surface area contributed by atoms with Crippen molar-refractivity contribution in [2.75, 3.05) is 6.56 Å². The maximum atomic E-state index is 8.98. The van der Waals surface area contributed by atoms with Gasteiger partial charge in [-0.25, -0.2) is 0 Å². The van der Waals surface area contributed by atoms with Gasteiger partial charge in [0, 0.05) is 7.93 Å². The normalized spacial score (nSPS) is 18.8. The van der Waals surface area contributed by atoms with E-state index in [9.17, 15) is 0 Å². The molecule has 1 heteroatoms. The van der Waals surface area contributed by atoms with E-state index in [2.05, 4.69) is 0 Å². The van der Waals surface area contributed by atoms with Crippen LogP contribution in [0.5, 0.6) is 0 Å². The lowest BCUT2D eigenvalue weighted by Crippen LogP contribution is -1.89. The van der Waals surface area contributed by atoms with Crippen LogP contribution >= 0.6 is 0 Å². The van der Waals surface area contributed by atoms with Gasteiger partial charge in [0.1, 0.15) is 0 Å². The molecule has 0 heterocycles. The van der Waals surface area contributed by atoms with Gasteiger partial charge in [-0.2, -0.15) is 0 Å². The van der Waals surface area contributed by atoms with Gasteiger partial charge in [0.25, 0.3) is 0 Å². The van der Waals surface area contributed by atoms with Gasteiger partial charge in [0.05, 0.1) is 2.74 Å². The molecular formula is C9H12O. The Morgan fingerprint density at radius 3 is 3.00 bits per heavy atom. The second-order valence-electron chi connectivity index (χ2n) is 2.19. The Hall–Kier alpha value is -0.820. The Labute approximate surface area is 65.5 Å². The van der Waals surface area contributed by atoms with Crippen molar-refractivity contribution in [3.05, 3.63) is 35.4 Å². The number of benzene rings is 1. The first-order chi connectivity index (χ1) is 5.91. The van der Waals surface area contributed by atoms with E-state index < -0.39 is 13.0 Å². The minimum atomic E-state index is -2.48. The van der Waals surface area contributed by atoms with Gasteiger partial charge in [0.15, 0.2) is 0 Å². The van der Waals surface area contributed by atoms with Crippen LogP contribution in [-0.4, -0.2) is 11.7 Å². The zero-order valence-electron chi connectivity index (χ0n) is 8.83. The molecule has 0 spiro atoms. The van der Waals surface area contributed by atoms with E-state index in [1.165, 1.54) is 0 Å². The molecule has 0 aliphatic heterocycles. The maximum absolute atomic E-state index is 8.98. The van der Waals surface area contributed by atoms with Gasteiger partial charge in [-0.3, -0.25) is 0 Å². The van der Waals surface area contributed by atoms with E-state index in [4.69, 9.17) is 9.22 Å². The standard InChI is InChI=1S/C9H12O/c1-8-3-2-4-9(7-8)5-6-10/h2-4,7,10H,5-6H2,1H3/i5D,6D2/t5-/m0/s1. The highest BCUT2D eigenvalue weighted by Crippen LogP contribution is 2.03. The van der Waals surface area contributed by atoms with Crippen molar-refractivity contribution in [1.82, 2.24) is 0 Å². The lowest BCUT2D eigenvalue weighted by molar-refractivity contribution is 0.299. The average molecular weight is 139 g/mol. The highest BCUT2D eigenvalue weighted by atomic mass is 16.2. The van der Waals surface area contributed by atoms with Crippen molar-refractivity contribution < 1.29 is 9.22 Å². The number of hydrogen-bond acceptors (Lipinski definition) is 1. The molecule has 1 nitrogen and oxygen atoms in total.